The fourth-order valence-corrected chi connectivity index (χ4v) is 2.36. The van der Waals surface area contributed by atoms with Gasteiger partial charge in [-0.3, -0.25) is 9.78 Å². The molecule has 0 aliphatic carbocycles. The number of benzene rings is 1. The van der Waals surface area contributed by atoms with Crippen LogP contribution in [0.2, 0.25) is 0 Å². The lowest BCUT2D eigenvalue weighted by molar-refractivity contribution is 0.646. The lowest BCUT2D eigenvalue weighted by Crippen LogP contribution is -2.27. The molecule has 4 nitrogen and oxygen atoms in total. The molecule has 0 aliphatic rings. The van der Waals surface area contributed by atoms with E-state index < -0.39 is 0 Å². The molecule has 0 atom stereocenters. The second-order valence-electron chi connectivity index (χ2n) is 5.42. The van der Waals surface area contributed by atoms with Crippen LogP contribution in [-0.4, -0.2) is 14.8 Å². The number of hydrogen-bond donors (Lipinski definition) is 0. The van der Waals surface area contributed by atoms with Crippen LogP contribution in [0.1, 0.15) is 0 Å². The molecule has 0 saturated heterocycles. The molecule has 1 aromatic carbocycles. The lowest BCUT2D eigenvalue weighted by atomic mass is 10.1. The molecule has 3 rings (SSSR count). The molecule has 0 amide bonds. The molecule has 24 heavy (non-hydrogen) atoms. The van der Waals surface area contributed by atoms with Gasteiger partial charge < -0.3 is 0 Å². The first-order valence-corrected chi connectivity index (χ1v) is 7.56. The van der Waals surface area contributed by atoms with Crippen LogP contribution < -0.4 is 16.1 Å². The lowest BCUT2D eigenvalue weighted by Gasteiger charge is -2.07. The second-order valence-corrected chi connectivity index (χ2v) is 5.42. The first-order valence-electron chi connectivity index (χ1n) is 7.56. The van der Waals surface area contributed by atoms with Crippen LogP contribution in [0.15, 0.2) is 77.7 Å². The minimum Gasteiger partial charge on any atom is -0.268 e. The SMILES string of the molecule is C=C(/C=c1/cccnc1=C)Cn1nc(-c2ccccc2)ccc1=O. The maximum absolute atomic E-state index is 12.1. The average molecular weight is 315 g/mol. The highest BCUT2D eigenvalue weighted by atomic mass is 16.1. The van der Waals surface area contributed by atoms with Crippen molar-refractivity contribution in [3.8, 4) is 11.3 Å². The van der Waals surface area contributed by atoms with Gasteiger partial charge in [0.05, 0.1) is 17.6 Å². The van der Waals surface area contributed by atoms with Gasteiger partial charge in [-0.2, -0.15) is 5.10 Å². The summed E-state index contributed by atoms with van der Waals surface area (Å²) in [6.45, 7) is 8.22. The summed E-state index contributed by atoms with van der Waals surface area (Å²) in [5, 5.41) is 6.00. The quantitative estimate of drug-likeness (QED) is 0.737. The Morgan fingerprint density at radius 1 is 1.08 bits per heavy atom. The van der Waals surface area contributed by atoms with Gasteiger partial charge >= 0.3 is 0 Å². The zero-order chi connectivity index (χ0) is 16.9. The molecule has 0 aliphatic heterocycles. The van der Waals surface area contributed by atoms with Crippen molar-refractivity contribution in [2.24, 2.45) is 0 Å². The van der Waals surface area contributed by atoms with Gasteiger partial charge in [-0.15, -0.1) is 0 Å². The highest BCUT2D eigenvalue weighted by Crippen LogP contribution is 2.14. The average Bonchev–Trinajstić information content (AvgIpc) is 2.60. The zero-order valence-electron chi connectivity index (χ0n) is 13.2. The normalized spacial score (nSPS) is 11.4. The molecule has 2 aromatic heterocycles. The number of nitrogens with zero attached hydrogens (tertiary/aromatic N) is 3. The van der Waals surface area contributed by atoms with Gasteiger partial charge in [-0.05, 0) is 29.0 Å². The van der Waals surface area contributed by atoms with Gasteiger partial charge in [-0.1, -0.05) is 49.6 Å². The number of pyridine rings is 1. The number of rotatable bonds is 4. The van der Waals surface area contributed by atoms with Crippen LogP contribution in [0, 0.1) is 0 Å². The van der Waals surface area contributed by atoms with Crippen molar-refractivity contribution >= 4 is 12.7 Å². The van der Waals surface area contributed by atoms with E-state index in [1.807, 2.05) is 48.5 Å². The first-order chi connectivity index (χ1) is 11.6. The van der Waals surface area contributed by atoms with Crippen molar-refractivity contribution < 1.29 is 0 Å². The predicted molar refractivity (Wildman–Crippen MR) is 96.5 cm³/mol. The topological polar surface area (TPSA) is 47.8 Å². The van der Waals surface area contributed by atoms with Gasteiger partial charge in [0.25, 0.3) is 5.56 Å². The zero-order valence-corrected chi connectivity index (χ0v) is 13.2. The Hall–Kier alpha value is -3.27. The number of aromatic nitrogens is 3. The smallest absolute Gasteiger partial charge is 0.267 e. The largest absolute Gasteiger partial charge is 0.268 e. The first kappa shape index (κ1) is 15.6. The molecule has 0 spiro atoms. The van der Waals surface area contributed by atoms with Gasteiger partial charge in [-0.25, -0.2) is 4.68 Å². The van der Waals surface area contributed by atoms with E-state index in [4.69, 9.17) is 0 Å². The maximum Gasteiger partial charge on any atom is 0.267 e. The van der Waals surface area contributed by atoms with E-state index in [0.29, 0.717) is 11.9 Å². The Kier molecular flexibility index (Phi) is 4.47. The van der Waals surface area contributed by atoms with Gasteiger partial charge in [0, 0.05) is 17.8 Å². The monoisotopic (exact) mass is 315 g/mol. The second kappa shape index (κ2) is 6.87. The van der Waals surface area contributed by atoms with Crippen LogP contribution in [-0.2, 0) is 6.54 Å². The summed E-state index contributed by atoms with van der Waals surface area (Å²) in [4.78, 5) is 16.2. The van der Waals surface area contributed by atoms with E-state index in [9.17, 15) is 4.79 Å². The molecule has 0 bridgehead atoms. The fraction of sp³-hybridized carbons (Fsp3) is 0.0500. The summed E-state index contributed by atoms with van der Waals surface area (Å²) >= 11 is 0. The van der Waals surface area contributed by atoms with E-state index in [1.165, 1.54) is 10.7 Å². The van der Waals surface area contributed by atoms with Crippen molar-refractivity contribution in [1.29, 1.82) is 0 Å². The molecule has 0 unspecified atom stereocenters. The van der Waals surface area contributed by atoms with Crippen LogP contribution in [0.4, 0.5) is 0 Å². The maximum atomic E-state index is 12.1. The third-order valence-electron chi connectivity index (χ3n) is 3.57. The standard InChI is InChI=1S/C20H17N3O/c1-15(13-18-9-6-12-21-16(18)2)14-23-20(24)11-10-19(22-23)17-7-4-3-5-8-17/h3-13H,1-2,14H2/b18-13-. The van der Waals surface area contributed by atoms with E-state index in [1.54, 1.807) is 12.3 Å². The Morgan fingerprint density at radius 2 is 1.88 bits per heavy atom. The molecule has 0 N–H and O–H groups in total. The third kappa shape index (κ3) is 3.55. The molecule has 4 heteroatoms. The Bertz CT molecular complexity index is 1040. The van der Waals surface area contributed by atoms with Gasteiger partial charge in [0.1, 0.15) is 0 Å². The summed E-state index contributed by atoms with van der Waals surface area (Å²) in [6, 6.07) is 16.8. The molecule has 118 valence electrons. The van der Waals surface area contributed by atoms with Crippen LogP contribution in [0.5, 0.6) is 0 Å². The van der Waals surface area contributed by atoms with Gasteiger partial charge in [0.2, 0.25) is 0 Å². The van der Waals surface area contributed by atoms with E-state index >= 15 is 0 Å². The van der Waals surface area contributed by atoms with Crippen molar-refractivity contribution in [2.45, 2.75) is 6.54 Å². The van der Waals surface area contributed by atoms with E-state index in [2.05, 4.69) is 23.2 Å². The highest BCUT2D eigenvalue weighted by Gasteiger charge is 2.03. The molecule has 2 heterocycles. The predicted octanol–water partition coefficient (Wildman–Crippen LogP) is 1.75. The molecular weight excluding hydrogens is 298 g/mol. The van der Waals surface area contributed by atoms with Gasteiger partial charge in [0.15, 0.2) is 0 Å². The number of hydrogen-bond acceptors (Lipinski definition) is 3. The van der Waals surface area contributed by atoms with Crippen molar-refractivity contribution in [1.82, 2.24) is 14.8 Å². The van der Waals surface area contributed by atoms with Crippen molar-refractivity contribution in [3.05, 3.63) is 93.9 Å². The summed E-state index contributed by atoms with van der Waals surface area (Å²) in [7, 11) is 0. The molecule has 0 saturated carbocycles. The summed E-state index contributed by atoms with van der Waals surface area (Å²) in [5.74, 6) is 0. The van der Waals surface area contributed by atoms with E-state index in [-0.39, 0.29) is 5.56 Å². The Labute approximate surface area is 139 Å². The Balaban J connectivity index is 1.92. The molecule has 0 radical (unpaired) electrons. The summed E-state index contributed by atoms with van der Waals surface area (Å²) in [5.41, 5.74) is 2.31. The van der Waals surface area contributed by atoms with Crippen LogP contribution >= 0.6 is 0 Å². The molecular formula is C20H17N3O. The molecule has 0 fully saturated rings. The van der Waals surface area contributed by atoms with Crippen molar-refractivity contribution in [2.75, 3.05) is 0 Å². The minimum absolute atomic E-state index is 0.162. The number of allylic oxidation sites excluding steroid dienone is 1. The third-order valence-corrected chi connectivity index (χ3v) is 3.57. The Morgan fingerprint density at radius 3 is 2.62 bits per heavy atom. The summed E-state index contributed by atoms with van der Waals surface area (Å²) < 4.78 is 1.42. The fourth-order valence-electron chi connectivity index (χ4n) is 2.36. The van der Waals surface area contributed by atoms with Crippen LogP contribution in [0.25, 0.3) is 23.9 Å². The summed E-state index contributed by atoms with van der Waals surface area (Å²) in [6.07, 6.45) is 3.57. The van der Waals surface area contributed by atoms with Crippen LogP contribution in [0.3, 0.4) is 0 Å². The molecule has 3 aromatic rings. The van der Waals surface area contributed by atoms with Crippen molar-refractivity contribution in [3.63, 3.8) is 0 Å². The highest BCUT2D eigenvalue weighted by molar-refractivity contribution is 5.57. The minimum atomic E-state index is -0.162. The van der Waals surface area contributed by atoms with E-state index in [0.717, 1.165) is 22.0 Å².